The van der Waals surface area contributed by atoms with E-state index in [1.165, 1.54) is 27.8 Å². The molecule has 1 aromatic rings. The van der Waals surface area contributed by atoms with Gasteiger partial charge >= 0.3 is 5.97 Å². The van der Waals surface area contributed by atoms with Gasteiger partial charge in [-0.05, 0) is 74.3 Å². The molecule has 0 spiro atoms. The van der Waals surface area contributed by atoms with E-state index in [0.717, 1.165) is 25.7 Å². The lowest BCUT2D eigenvalue weighted by molar-refractivity contribution is -0.143. The Labute approximate surface area is 115 Å². The van der Waals surface area contributed by atoms with Crippen LogP contribution in [0.25, 0.3) is 0 Å². The fourth-order valence-corrected chi connectivity index (χ4v) is 3.58. The van der Waals surface area contributed by atoms with Crippen LogP contribution in [0.1, 0.15) is 59.4 Å². The molecule has 1 saturated carbocycles. The Balaban J connectivity index is 2.53. The first kappa shape index (κ1) is 14.1. The Hall–Kier alpha value is -1.31. The predicted molar refractivity (Wildman–Crippen MR) is 77.7 cm³/mol. The maximum absolute atomic E-state index is 11.5. The number of carboxylic acid groups (broad SMARTS) is 1. The third kappa shape index (κ3) is 2.54. The zero-order valence-electron chi connectivity index (χ0n) is 12.4. The number of hydrogen-bond donors (Lipinski definition) is 1. The van der Waals surface area contributed by atoms with E-state index in [1.54, 1.807) is 0 Å². The van der Waals surface area contributed by atoms with Gasteiger partial charge in [0.2, 0.25) is 0 Å². The van der Waals surface area contributed by atoms with E-state index in [2.05, 4.69) is 33.8 Å². The van der Waals surface area contributed by atoms with Crippen molar-refractivity contribution in [2.75, 3.05) is 0 Å². The van der Waals surface area contributed by atoms with Crippen LogP contribution in [0.4, 0.5) is 0 Å². The van der Waals surface area contributed by atoms with E-state index < -0.39 is 5.97 Å². The van der Waals surface area contributed by atoms with Gasteiger partial charge in [-0.2, -0.15) is 0 Å². The van der Waals surface area contributed by atoms with Gasteiger partial charge in [-0.1, -0.05) is 18.9 Å². The molecule has 2 heteroatoms. The normalized spacial score (nSPS) is 23.4. The SMILES string of the molecule is Cc1cc(C)c(C)c(C2CCCCC2C(=O)O)c1C. The first-order valence-electron chi connectivity index (χ1n) is 7.23. The van der Waals surface area contributed by atoms with Crippen LogP contribution in [0.3, 0.4) is 0 Å². The van der Waals surface area contributed by atoms with Crippen molar-refractivity contribution in [3.8, 4) is 0 Å². The third-order valence-corrected chi connectivity index (χ3v) is 4.88. The van der Waals surface area contributed by atoms with Gasteiger partial charge in [0.05, 0.1) is 5.92 Å². The molecule has 1 aliphatic carbocycles. The van der Waals surface area contributed by atoms with Gasteiger partial charge in [-0.15, -0.1) is 0 Å². The van der Waals surface area contributed by atoms with E-state index in [4.69, 9.17) is 0 Å². The Morgan fingerprint density at radius 2 is 1.58 bits per heavy atom. The number of rotatable bonds is 2. The molecule has 2 atom stereocenters. The monoisotopic (exact) mass is 260 g/mol. The van der Waals surface area contributed by atoms with Crippen LogP contribution in [0.15, 0.2) is 6.07 Å². The topological polar surface area (TPSA) is 37.3 Å². The lowest BCUT2D eigenvalue weighted by Gasteiger charge is -2.32. The largest absolute Gasteiger partial charge is 0.481 e. The number of carboxylic acids is 1. The first-order valence-corrected chi connectivity index (χ1v) is 7.23. The number of benzene rings is 1. The van der Waals surface area contributed by atoms with Crippen molar-refractivity contribution in [3.05, 3.63) is 33.9 Å². The second-order valence-electron chi connectivity index (χ2n) is 6.01. The molecule has 19 heavy (non-hydrogen) atoms. The minimum absolute atomic E-state index is 0.199. The maximum atomic E-state index is 11.5. The van der Waals surface area contributed by atoms with Crippen LogP contribution in [0.2, 0.25) is 0 Å². The van der Waals surface area contributed by atoms with Crippen molar-refractivity contribution in [3.63, 3.8) is 0 Å². The summed E-state index contributed by atoms with van der Waals surface area (Å²) in [6.45, 7) is 8.54. The summed E-state index contributed by atoms with van der Waals surface area (Å²) >= 11 is 0. The molecule has 0 saturated heterocycles. The van der Waals surface area contributed by atoms with Crippen molar-refractivity contribution in [2.24, 2.45) is 5.92 Å². The van der Waals surface area contributed by atoms with E-state index in [0.29, 0.717) is 0 Å². The van der Waals surface area contributed by atoms with Crippen molar-refractivity contribution in [1.29, 1.82) is 0 Å². The molecule has 1 N–H and O–H groups in total. The van der Waals surface area contributed by atoms with Crippen LogP contribution < -0.4 is 0 Å². The second kappa shape index (κ2) is 5.36. The van der Waals surface area contributed by atoms with E-state index in [-0.39, 0.29) is 11.8 Å². The van der Waals surface area contributed by atoms with Gasteiger partial charge < -0.3 is 5.11 Å². The van der Waals surface area contributed by atoms with Gasteiger partial charge in [0.15, 0.2) is 0 Å². The zero-order chi connectivity index (χ0) is 14.2. The Kier molecular flexibility index (Phi) is 3.98. The average Bonchev–Trinajstić information content (AvgIpc) is 2.37. The highest BCUT2D eigenvalue weighted by Gasteiger charge is 2.33. The van der Waals surface area contributed by atoms with Crippen molar-refractivity contribution < 1.29 is 9.90 Å². The summed E-state index contributed by atoms with van der Waals surface area (Å²) < 4.78 is 0. The summed E-state index contributed by atoms with van der Waals surface area (Å²) in [6, 6.07) is 2.22. The number of carbonyl (C=O) groups is 1. The Bertz CT molecular complexity index is 476. The molecule has 0 aromatic heterocycles. The van der Waals surface area contributed by atoms with Gasteiger partial charge in [0, 0.05) is 0 Å². The van der Waals surface area contributed by atoms with Crippen molar-refractivity contribution in [1.82, 2.24) is 0 Å². The molecule has 0 heterocycles. The minimum Gasteiger partial charge on any atom is -0.481 e. The summed E-state index contributed by atoms with van der Waals surface area (Å²) in [6.07, 6.45) is 4.05. The van der Waals surface area contributed by atoms with Gasteiger partial charge in [0.25, 0.3) is 0 Å². The highest BCUT2D eigenvalue weighted by molar-refractivity contribution is 5.72. The molecule has 2 nitrogen and oxygen atoms in total. The molecule has 0 radical (unpaired) electrons. The van der Waals surface area contributed by atoms with Crippen LogP contribution in [-0.2, 0) is 4.79 Å². The zero-order valence-corrected chi connectivity index (χ0v) is 12.4. The number of hydrogen-bond acceptors (Lipinski definition) is 1. The third-order valence-electron chi connectivity index (χ3n) is 4.88. The first-order chi connectivity index (χ1) is 8.93. The molecule has 1 aromatic carbocycles. The highest BCUT2D eigenvalue weighted by Crippen LogP contribution is 2.41. The van der Waals surface area contributed by atoms with Crippen LogP contribution in [0, 0.1) is 33.6 Å². The van der Waals surface area contributed by atoms with Crippen molar-refractivity contribution >= 4 is 5.97 Å². The lowest BCUT2D eigenvalue weighted by atomic mass is 9.72. The Morgan fingerprint density at radius 3 is 2.11 bits per heavy atom. The molecule has 1 aliphatic rings. The summed E-state index contributed by atoms with van der Waals surface area (Å²) in [5, 5.41) is 9.49. The summed E-state index contributed by atoms with van der Waals surface area (Å²) in [4.78, 5) is 11.5. The number of aryl methyl sites for hydroxylation is 2. The predicted octanol–water partition coefficient (Wildman–Crippen LogP) is 4.28. The molecule has 0 amide bonds. The number of aliphatic carboxylic acids is 1. The van der Waals surface area contributed by atoms with Crippen LogP contribution in [-0.4, -0.2) is 11.1 Å². The summed E-state index contributed by atoms with van der Waals surface area (Å²) in [5.74, 6) is -0.625. The van der Waals surface area contributed by atoms with Crippen molar-refractivity contribution in [2.45, 2.75) is 59.3 Å². The smallest absolute Gasteiger partial charge is 0.307 e. The van der Waals surface area contributed by atoms with E-state index >= 15 is 0 Å². The average molecular weight is 260 g/mol. The fraction of sp³-hybridized carbons (Fsp3) is 0.588. The van der Waals surface area contributed by atoms with Gasteiger partial charge in [-0.3, -0.25) is 4.79 Å². The van der Waals surface area contributed by atoms with Crippen LogP contribution >= 0.6 is 0 Å². The summed E-state index contributed by atoms with van der Waals surface area (Å²) in [7, 11) is 0. The summed E-state index contributed by atoms with van der Waals surface area (Å²) in [5.41, 5.74) is 6.47. The molecule has 0 bridgehead atoms. The molecule has 2 unspecified atom stereocenters. The lowest BCUT2D eigenvalue weighted by Crippen LogP contribution is -2.27. The Morgan fingerprint density at radius 1 is 1.05 bits per heavy atom. The van der Waals surface area contributed by atoms with E-state index in [1.807, 2.05) is 0 Å². The van der Waals surface area contributed by atoms with E-state index in [9.17, 15) is 9.90 Å². The standard InChI is InChI=1S/C17H24O2/c1-10-9-11(2)13(4)16(12(10)3)14-7-5-6-8-15(14)17(18)19/h9,14-15H,5-8H2,1-4H3,(H,18,19). The molecule has 0 aliphatic heterocycles. The fourth-order valence-electron chi connectivity index (χ4n) is 3.58. The molecular formula is C17H24O2. The quantitative estimate of drug-likeness (QED) is 0.861. The maximum Gasteiger partial charge on any atom is 0.307 e. The highest BCUT2D eigenvalue weighted by atomic mass is 16.4. The molecular weight excluding hydrogens is 236 g/mol. The second-order valence-corrected chi connectivity index (χ2v) is 6.01. The molecule has 1 fully saturated rings. The van der Waals surface area contributed by atoms with Gasteiger partial charge in [-0.25, -0.2) is 0 Å². The van der Waals surface area contributed by atoms with Crippen LogP contribution in [0.5, 0.6) is 0 Å². The molecule has 2 rings (SSSR count). The van der Waals surface area contributed by atoms with Gasteiger partial charge in [0.1, 0.15) is 0 Å². The molecule has 104 valence electrons. The minimum atomic E-state index is -0.623.